The lowest BCUT2D eigenvalue weighted by molar-refractivity contribution is 0.391. The predicted octanol–water partition coefficient (Wildman–Crippen LogP) is 2.79. The van der Waals surface area contributed by atoms with Gasteiger partial charge in [0, 0.05) is 6.42 Å². The Balaban J connectivity index is 2.47. The van der Waals surface area contributed by atoms with Crippen LogP contribution in [-0.2, 0) is 6.42 Å². The summed E-state index contributed by atoms with van der Waals surface area (Å²) in [6.45, 7) is 8.06. The van der Waals surface area contributed by atoms with Crippen LogP contribution in [-0.4, -0.2) is 5.16 Å². The second kappa shape index (κ2) is 4.24. The molecule has 0 fully saturated rings. The van der Waals surface area contributed by atoms with Gasteiger partial charge in [0.05, 0.1) is 5.56 Å². The van der Waals surface area contributed by atoms with E-state index in [4.69, 9.17) is 4.52 Å². The van der Waals surface area contributed by atoms with Gasteiger partial charge in [0.25, 0.3) is 5.56 Å². The molecule has 0 spiro atoms. The fourth-order valence-corrected chi connectivity index (χ4v) is 2.28. The molecule has 0 saturated carbocycles. The third-order valence-electron chi connectivity index (χ3n) is 3.19. The molecule has 0 unspecified atom stereocenters. The molecule has 1 aromatic heterocycles. The zero-order valence-electron chi connectivity index (χ0n) is 10.7. The van der Waals surface area contributed by atoms with Gasteiger partial charge >= 0.3 is 0 Å². The third-order valence-corrected chi connectivity index (χ3v) is 3.19. The minimum absolute atomic E-state index is 0.123. The summed E-state index contributed by atoms with van der Waals surface area (Å²) in [6.07, 6.45) is 0.635. The molecule has 0 aliphatic carbocycles. The summed E-state index contributed by atoms with van der Waals surface area (Å²) in [5, 5.41) is 2.38. The lowest BCUT2D eigenvalue weighted by Crippen LogP contribution is -2.08. The number of nitrogens with one attached hydrogen (secondary N) is 1. The average Bonchev–Trinajstić information content (AvgIpc) is 2.53. The number of hydrogen-bond acceptors (Lipinski definition) is 2. The summed E-state index contributed by atoms with van der Waals surface area (Å²) in [4.78, 5) is 11.6. The van der Waals surface area contributed by atoms with Crippen LogP contribution in [0.4, 0.5) is 0 Å². The molecular weight excluding hydrogens is 214 g/mol. The summed E-state index contributed by atoms with van der Waals surface area (Å²) < 4.78 is 5.03. The van der Waals surface area contributed by atoms with Crippen molar-refractivity contribution in [2.24, 2.45) is 0 Å². The van der Waals surface area contributed by atoms with Gasteiger partial charge in [0.1, 0.15) is 5.76 Å². The van der Waals surface area contributed by atoms with Crippen molar-refractivity contribution in [1.82, 2.24) is 5.16 Å². The molecule has 0 saturated heterocycles. The first kappa shape index (κ1) is 11.7. The molecule has 3 nitrogen and oxygen atoms in total. The van der Waals surface area contributed by atoms with E-state index in [1.807, 2.05) is 6.92 Å². The van der Waals surface area contributed by atoms with E-state index >= 15 is 0 Å². The summed E-state index contributed by atoms with van der Waals surface area (Å²) in [5.74, 6) is 0.675. The summed E-state index contributed by atoms with van der Waals surface area (Å²) in [6, 6.07) is 4.29. The summed E-state index contributed by atoms with van der Waals surface area (Å²) in [5.41, 5.74) is 5.51. The van der Waals surface area contributed by atoms with E-state index in [9.17, 15) is 4.79 Å². The first-order valence-corrected chi connectivity index (χ1v) is 5.72. The van der Waals surface area contributed by atoms with Crippen LogP contribution >= 0.6 is 0 Å². The Morgan fingerprint density at radius 1 is 1.06 bits per heavy atom. The van der Waals surface area contributed by atoms with Crippen LogP contribution in [0.1, 0.15) is 33.6 Å². The number of hydrogen-bond donors (Lipinski definition) is 1. The Kier molecular flexibility index (Phi) is 2.92. The zero-order chi connectivity index (χ0) is 12.6. The highest BCUT2D eigenvalue weighted by molar-refractivity contribution is 5.40. The number of aromatic nitrogens is 1. The lowest BCUT2D eigenvalue weighted by Gasteiger charge is -2.10. The Morgan fingerprint density at radius 2 is 1.65 bits per heavy atom. The van der Waals surface area contributed by atoms with Gasteiger partial charge in [-0.3, -0.25) is 4.79 Å². The molecule has 1 heterocycles. The van der Waals surface area contributed by atoms with Crippen molar-refractivity contribution in [3.8, 4) is 0 Å². The topological polar surface area (TPSA) is 46.0 Å². The third kappa shape index (κ3) is 2.18. The molecule has 0 atom stereocenters. The van der Waals surface area contributed by atoms with E-state index < -0.39 is 0 Å². The van der Waals surface area contributed by atoms with Crippen molar-refractivity contribution in [1.29, 1.82) is 0 Å². The highest BCUT2D eigenvalue weighted by atomic mass is 16.5. The van der Waals surface area contributed by atoms with Crippen LogP contribution in [0.25, 0.3) is 0 Å². The summed E-state index contributed by atoms with van der Waals surface area (Å²) >= 11 is 0. The highest BCUT2D eigenvalue weighted by Gasteiger charge is 2.12. The Bertz CT molecular complexity index is 582. The fraction of sp³-hybridized carbons (Fsp3) is 0.357. The molecule has 90 valence electrons. The number of aromatic amines is 1. The van der Waals surface area contributed by atoms with E-state index in [1.54, 1.807) is 0 Å². The number of rotatable bonds is 2. The summed E-state index contributed by atoms with van der Waals surface area (Å²) in [7, 11) is 0. The molecule has 0 amide bonds. The molecular formula is C14H17NO2. The lowest BCUT2D eigenvalue weighted by atomic mass is 9.94. The molecule has 3 heteroatoms. The normalized spacial score (nSPS) is 10.8. The molecule has 2 aromatic rings. The van der Waals surface area contributed by atoms with Crippen LogP contribution in [0, 0.1) is 27.7 Å². The first-order chi connectivity index (χ1) is 7.99. The van der Waals surface area contributed by atoms with Crippen LogP contribution < -0.4 is 5.56 Å². The minimum Gasteiger partial charge on any atom is -0.384 e. The number of aryl methyl sites for hydroxylation is 4. The van der Waals surface area contributed by atoms with Gasteiger partial charge in [-0.15, -0.1) is 0 Å². The van der Waals surface area contributed by atoms with E-state index in [1.165, 1.54) is 22.3 Å². The van der Waals surface area contributed by atoms with Crippen molar-refractivity contribution in [3.63, 3.8) is 0 Å². The van der Waals surface area contributed by atoms with Crippen LogP contribution in [0.15, 0.2) is 21.5 Å². The molecule has 0 aliphatic heterocycles. The smallest absolute Gasteiger partial charge is 0.283 e. The van der Waals surface area contributed by atoms with Gasteiger partial charge in [-0.2, -0.15) is 5.16 Å². The van der Waals surface area contributed by atoms with Gasteiger partial charge in [-0.1, -0.05) is 17.7 Å². The van der Waals surface area contributed by atoms with Crippen molar-refractivity contribution >= 4 is 0 Å². The quantitative estimate of drug-likeness (QED) is 0.863. The first-order valence-electron chi connectivity index (χ1n) is 5.72. The zero-order valence-corrected chi connectivity index (χ0v) is 10.7. The highest BCUT2D eigenvalue weighted by Crippen LogP contribution is 2.20. The Labute approximate surface area is 100 Å². The SMILES string of the molecule is Cc1cc(C)c(Cc2c(C)o[nH]c2=O)c(C)c1. The molecule has 0 aliphatic rings. The Morgan fingerprint density at radius 3 is 2.12 bits per heavy atom. The molecule has 1 N–H and O–H groups in total. The minimum atomic E-state index is -0.123. The number of H-pyrrole nitrogens is 1. The van der Waals surface area contributed by atoms with Gasteiger partial charge in [-0.05, 0) is 44.4 Å². The van der Waals surface area contributed by atoms with Crippen molar-refractivity contribution in [2.75, 3.05) is 0 Å². The molecule has 17 heavy (non-hydrogen) atoms. The molecule has 1 aromatic carbocycles. The predicted molar refractivity (Wildman–Crippen MR) is 67.5 cm³/mol. The molecule has 0 bridgehead atoms. The monoisotopic (exact) mass is 231 g/mol. The second-order valence-corrected chi connectivity index (χ2v) is 4.62. The fourth-order valence-electron chi connectivity index (χ4n) is 2.28. The standard InChI is InChI=1S/C14H17NO2/c1-8-5-9(2)12(10(3)6-8)7-13-11(4)17-15-14(13)16/h5-6H,7H2,1-4H3,(H,15,16). The van der Waals surface area contributed by atoms with Gasteiger partial charge in [-0.25, -0.2) is 0 Å². The van der Waals surface area contributed by atoms with Gasteiger partial charge in [0.2, 0.25) is 0 Å². The maximum Gasteiger partial charge on any atom is 0.283 e. The second-order valence-electron chi connectivity index (χ2n) is 4.62. The number of benzene rings is 1. The van der Waals surface area contributed by atoms with E-state index in [0.29, 0.717) is 12.2 Å². The van der Waals surface area contributed by atoms with Crippen molar-refractivity contribution in [2.45, 2.75) is 34.1 Å². The molecule has 0 radical (unpaired) electrons. The Hall–Kier alpha value is -1.77. The van der Waals surface area contributed by atoms with Crippen molar-refractivity contribution in [3.05, 3.63) is 56.1 Å². The van der Waals surface area contributed by atoms with Crippen LogP contribution in [0.5, 0.6) is 0 Å². The largest absolute Gasteiger partial charge is 0.384 e. The maximum absolute atomic E-state index is 11.6. The van der Waals surface area contributed by atoms with E-state index in [0.717, 1.165) is 5.56 Å². The van der Waals surface area contributed by atoms with Crippen LogP contribution in [0.2, 0.25) is 0 Å². The van der Waals surface area contributed by atoms with Crippen LogP contribution in [0.3, 0.4) is 0 Å². The molecule has 2 rings (SSSR count). The van der Waals surface area contributed by atoms with Gasteiger partial charge < -0.3 is 4.52 Å². The van der Waals surface area contributed by atoms with E-state index in [2.05, 4.69) is 38.1 Å². The van der Waals surface area contributed by atoms with E-state index in [-0.39, 0.29) is 5.56 Å². The maximum atomic E-state index is 11.6. The van der Waals surface area contributed by atoms with Gasteiger partial charge in [0.15, 0.2) is 0 Å². The van der Waals surface area contributed by atoms with Crippen molar-refractivity contribution < 1.29 is 4.52 Å². The average molecular weight is 231 g/mol.